The van der Waals surface area contributed by atoms with Gasteiger partial charge in [0.25, 0.3) is 12.3 Å². The largest absolute Gasteiger partial charge is 0.348 e. The fraction of sp³-hybridized carbons (Fsp3) is 0.579. The van der Waals surface area contributed by atoms with Gasteiger partial charge in [0.1, 0.15) is 12.0 Å². The van der Waals surface area contributed by atoms with E-state index >= 15 is 0 Å². The number of alkyl halides is 2. The molecule has 4 rings (SSSR count). The Kier molecular flexibility index (Phi) is 5.61. The highest BCUT2D eigenvalue weighted by atomic mass is 19.3. The molecule has 0 saturated heterocycles. The third kappa shape index (κ3) is 4.70. The zero-order valence-electron chi connectivity index (χ0n) is 15.5. The molecule has 0 atom stereocenters. The third-order valence-electron chi connectivity index (χ3n) is 5.32. The molecule has 0 spiro atoms. The molecule has 1 amide bonds. The van der Waals surface area contributed by atoms with Crippen LogP contribution >= 0.6 is 0 Å². The van der Waals surface area contributed by atoms with Gasteiger partial charge in [-0.15, -0.1) is 0 Å². The minimum Gasteiger partial charge on any atom is -0.348 e. The van der Waals surface area contributed by atoms with Crippen LogP contribution in [-0.4, -0.2) is 50.5 Å². The summed E-state index contributed by atoms with van der Waals surface area (Å²) in [5.41, 5.74) is 1.25. The molecule has 0 aliphatic heterocycles. The van der Waals surface area contributed by atoms with Crippen LogP contribution in [0.2, 0.25) is 0 Å². The van der Waals surface area contributed by atoms with Gasteiger partial charge < -0.3 is 10.6 Å². The number of amides is 1. The molecule has 2 aliphatic rings. The molecular weight excluding hydrogens is 366 g/mol. The first-order valence-electron chi connectivity index (χ1n) is 9.78. The summed E-state index contributed by atoms with van der Waals surface area (Å²) in [5, 5.41) is 5.93. The fourth-order valence-corrected chi connectivity index (χ4v) is 3.61. The average molecular weight is 390 g/mol. The van der Waals surface area contributed by atoms with E-state index in [1.807, 2.05) is 0 Å². The molecule has 0 unspecified atom stereocenters. The Labute approximate surface area is 162 Å². The molecule has 150 valence electrons. The maximum absolute atomic E-state index is 12.8. The minimum atomic E-state index is -2.33. The van der Waals surface area contributed by atoms with E-state index < -0.39 is 6.43 Å². The standard InChI is InChI=1S/C19H24F2N6O/c20-17(21)10-23-13-3-5-14(6-4-13)24-18(28)16-9-15(12-1-2-12)25-19(26-16)27-8-7-22-11-27/h7-9,11-14,17,23H,1-6,10H2,(H,24,28). The number of hydrogen-bond acceptors (Lipinski definition) is 5. The lowest BCUT2D eigenvalue weighted by molar-refractivity contribution is 0.0916. The van der Waals surface area contributed by atoms with Crippen molar-refractivity contribution in [2.24, 2.45) is 0 Å². The van der Waals surface area contributed by atoms with E-state index in [-0.39, 0.29) is 24.5 Å². The molecule has 2 aromatic rings. The summed E-state index contributed by atoms with van der Waals surface area (Å²) in [7, 11) is 0. The van der Waals surface area contributed by atoms with E-state index in [1.165, 1.54) is 0 Å². The molecule has 2 heterocycles. The molecular formula is C19H24F2N6O. The van der Waals surface area contributed by atoms with Crippen molar-refractivity contribution in [3.63, 3.8) is 0 Å². The van der Waals surface area contributed by atoms with Gasteiger partial charge in [-0.1, -0.05) is 0 Å². The van der Waals surface area contributed by atoms with E-state index in [4.69, 9.17) is 0 Å². The Hall–Kier alpha value is -2.42. The van der Waals surface area contributed by atoms with Crippen LogP contribution in [0, 0.1) is 0 Å². The number of halogens is 2. The van der Waals surface area contributed by atoms with Crippen molar-refractivity contribution >= 4 is 5.91 Å². The molecule has 9 heteroatoms. The number of aromatic nitrogens is 4. The predicted octanol–water partition coefficient (Wildman–Crippen LogP) is 2.44. The van der Waals surface area contributed by atoms with E-state index in [9.17, 15) is 13.6 Å². The lowest BCUT2D eigenvalue weighted by atomic mass is 9.91. The summed E-state index contributed by atoms with van der Waals surface area (Å²) < 4.78 is 26.3. The summed E-state index contributed by atoms with van der Waals surface area (Å²) in [6.07, 6.45) is 7.91. The highest BCUT2D eigenvalue weighted by molar-refractivity contribution is 5.92. The summed E-state index contributed by atoms with van der Waals surface area (Å²) in [6.45, 7) is -0.274. The number of nitrogens with zero attached hydrogens (tertiary/aromatic N) is 4. The van der Waals surface area contributed by atoms with Crippen LogP contribution in [0.1, 0.15) is 60.6 Å². The maximum atomic E-state index is 12.8. The summed E-state index contributed by atoms with van der Waals surface area (Å²) >= 11 is 0. The Bertz CT molecular complexity index is 801. The van der Waals surface area contributed by atoms with Gasteiger partial charge in [-0.05, 0) is 44.6 Å². The average Bonchev–Trinajstić information content (AvgIpc) is 3.41. The van der Waals surface area contributed by atoms with E-state index in [0.29, 0.717) is 17.6 Å². The highest BCUT2D eigenvalue weighted by Crippen LogP contribution is 2.39. The molecule has 0 aromatic carbocycles. The zero-order valence-corrected chi connectivity index (χ0v) is 15.5. The molecule has 2 aromatic heterocycles. The smallest absolute Gasteiger partial charge is 0.270 e. The second kappa shape index (κ2) is 8.30. The summed E-state index contributed by atoms with van der Waals surface area (Å²) in [6, 6.07) is 1.91. The number of nitrogens with one attached hydrogen (secondary N) is 2. The molecule has 0 radical (unpaired) electrons. The highest BCUT2D eigenvalue weighted by Gasteiger charge is 2.28. The van der Waals surface area contributed by atoms with Gasteiger partial charge in [-0.2, -0.15) is 0 Å². The molecule has 2 saturated carbocycles. The number of carbonyl (C=O) groups is 1. The van der Waals surface area contributed by atoms with E-state index in [0.717, 1.165) is 44.2 Å². The normalized spacial score (nSPS) is 22.4. The van der Waals surface area contributed by atoms with Crippen molar-refractivity contribution in [1.29, 1.82) is 0 Å². The van der Waals surface area contributed by atoms with Crippen LogP contribution in [0.5, 0.6) is 0 Å². The molecule has 2 aliphatic carbocycles. The monoisotopic (exact) mass is 390 g/mol. The second-order valence-corrected chi connectivity index (χ2v) is 7.54. The van der Waals surface area contributed by atoms with Crippen LogP contribution in [0.25, 0.3) is 5.95 Å². The molecule has 2 fully saturated rings. The van der Waals surface area contributed by atoms with Crippen molar-refractivity contribution < 1.29 is 13.6 Å². The van der Waals surface area contributed by atoms with Crippen molar-refractivity contribution in [2.45, 2.75) is 63.0 Å². The van der Waals surface area contributed by atoms with Crippen LogP contribution in [0.15, 0.2) is 24.8 Å². The van der Waals surface area contributed by atoms with Gasteiger partial charge in [0, 0.05) is 36.1 Å². The second-order valence-electron chi connectivity index (χ2n) is 7.54. The van der Waals surface area contributed by atoms with Crippen molar-refractivity contribution in [3.8, 4) is 5.95 Å². The van der Waals surface area contributed by atoms with E-state index in [2.05, 4.69) is 25.6 Å². The fourth-order valence-electron chi connectivity index (χ4n) is 3.61. The predicted molar refractivity (Wildman–Crippen MR) is 98.6 cm³/mol. The topological polar surface area (TPSA) is 84.7 Å². The lowest BCUT2D eigenvalue weighted by Crippen LogP contribution is -2.43. The number of imidazole rings is 1. The molecule has 7 nitrogen and oxygen atoms in total. The first kappa shape index (κ1) is 18.9. The lowest BCUT2D eigenvalue weighted by Gasteiger charge is -2.29. The van der Waals surface area contributed by atoms with E-state index in [1.54, 1.807) is 29.4 Å². The molecule has 28 heavy (non-hydrogen) atoms. The maximum Gasteiger partial charge on any atom is 0.270 e. The van der Waals surface area contributed by atoms with Crippen molar-refractivity contribution in [3.05, 3.63) is 36.2 Å². The van der Waals surface area contributed by atoms with Gasteiger partial charge in [-0.25, -0.2) is 23.7 Å². The van der Waals surface area contributed by atoms with Crippen LogP contribution in [-0.2, 0) is 0 Å². The first-order chi connectivity index (χ1) is 13.6. The number of hydrogen-bond donors (Lipinski definition) is 2. The Morgan fingerprint density at radius 2 is 1.89 bits per heavy atom. The number of carbonyl (C=O) groups excluding carboxylic acids is 1. The van der Waals surface area contributed by atoms with Gasteiger partial charge in [0.2, 0.25) is 5.95 Å². The summed E-state index contributed by atoms with van der Waals surface area (Å²) in [5.74, 6) is 0.634. The molecule has 0 bridgehead atoms. The number of rotatable bonds is 7. The van der Waals surface area contributed by atoms with Gasteiger partial charge >= 0.3 is 0 Å². The quantitative estimate of drug-likeness (QED) is 0.759. The molecule has 2 N–H and O–H groups in total. The third-order valence-corrected chi connectivity index (χ3v) is 5.32. The van der Waals surface area contributed by atoms with Gasteiger partial charge in [0.05, 0.1) is 6.54 Å². The summed E-state index contributed by atoms with van der Waals surface area (Å²) in [4.78, 5) is 25.8. The van der Waals surface area contributed by atoms with Crippen molar-refractivity contribution in [1.82, 2.24) is 30.2 Å². The zero-order chi connectivity index (χ0) is 19.5. The van der Waals surface area contributed by atoms with Crippen LogP contribution < -0.4 is 10.6 Å². The Morgan fingerprint density at radius 3 is 2.54 bits per heavy atom. The van der Waals surface area contributed by atoms with Crippen LogP contribution in [0.4, 0.5) is 8.78 Å². The van der Waals surface area contributed by atoms with Crippen molar-refractivity contribution in [2.75, 3.05) is 6.54 Å². The SMILES string of the molecule is O=C(NC1CCC(NCC(F)F)CC1)c1cc(C2CC2)nc(-n2ccnc2)n1. The Morgan fingerprint density at radius 1 is 1.14 bits per heavy atom. The first-order valence-corrected chi connectivity index (χ1v) is 9.78. The minimum absolute atomic E-state index is 0.0353. The van der Waals surface area contributed by atoms with Gasteiger partial charge in [0.15, 0.2) is 0 Å². The Balaban J connectivity index is 1.40. The van der Waals surface area contributed by atoms with Crippen LogP contribution in [0.3, 0.4) is 0 Å². The van der Waals surface area contributed by atoms with Gasteiger partial charge in [-0.3, -0.25) is 9.36 Å².